The number of ether oxygens (including phenoxy) is 1. The SMILES string of the molecule is CCCOc1ccccc1NC(=O)CCc1nc2cc(S(=O)(=O)N(CC)CC)ccc2n1C. The number of rotatable bonds is 11. The van der Waals surface area contributed by atoms with Crippen molar-refractivity contribution in [1.29, 1.82) is 0 Å². The molecule has 0 atom stereocenters. The second-order valence-corrected chi connectivity index (χ2v) is 9.66. The van der Waals surface area contributed by atoms with Crippen LogP contribution in [0.2, 0.25) is 0 Å². The van der Waals surface area contributed by atoms with Crippen molar-refractivity contribution in [3.05, 3.63) is 48.3 Å². The van der Waals surface area contributed by atoms with Crippen LogP contribution in [0.4, 0.5) is 5.69 Å². The number of carbonyl (C=O) groups excluding carboxylic acids is 1. The van der Waals surface area contributed by atoms with Gasteiger partial charge in [0, 0.05) is 33.0 Å². The summed E-state index contributed by atoms with van der Waals surface area (Å²) < 4.78 is 34.7. The van der Waals surface area contributed by atoms with Crippen molar-refractivity contribution in [3.8, 4) is 5.75 Å². The molecule has 3 aromatic rings. The first kappa shape index (κ1) is 24.7. The van der Waals surface area contributed by atoms with Crippen LogP contribution in [0, 0.1) is 0 Å². The van der Waals surface area contributed by atoms with E-state index in [1.165, 1.54) is 4.31 Å². The average molecular weight is 473 g/mol. The Morgan fingerprint density at radius 2 is 1.85 bits per heavy atom. The number of aryl methyl sites for hydroxylation is 2. The number of anilines is 1. The Morgan fingerprint density at radius 3 is 2.55 bits per heavy atom. The van der Waals surface area contributed by atoms with E-state index in [1.54, 1.807) is 18.2 Å². The van der Waals surface area contributed by atoms with E-state index in [0.717, 1.165) is 11.9 Å². The molecule has 0 spiro atoms. The lowest BCUT2D eigenvalue weighted by Gasteiger charge is -2.18. The normalized spacial score (nSPS) is 11.8. The van der Waals surface area contributed by atoms with E-state index in [2.05, 4.69) is 10.3 Å². The van der Waals surface area contributed by atoms with Gasteiger partial charge in [-0.25, -0.2) is 13.4 Å². The molecule has 2 aromatic carbocycles. The average Bonchev–Trinajstić information content (AvgIpc) is 3.12. The van der Waals surface area contributed by atoms with Gasteiger partial charge in [-0.3, -0.25) is 4.79 Å². The number of benzene rings is 2. The summed E-state index contributed by atoms with van der Waals surface area (Å²) in [7, 11) is -1.69. The van der Waals surface area contributed by atoms with Gasteiger partial charge in [0.1, 0.15) is 11.6 Å². The Labute approximate surface area is 195 Å². The highest BCUT2D eigenvalue weighted by Gasteiger charge is 2.23. The number of nitrogens with one attached hydrogen (secondary N) is 1. The molecule has 1 N–H and O–H groups in total. The van der Waals surface area contributed by atoms with Crippen LogP contribution in [-0.2, 0) is 28.3 Å². The van der Waals surface area contributed by atoms with Crippen LogP contribution >= 0.6 is 0 Å². The lowest BCUT2D eigenvalue weighted by molar-refractivity contribution is -0.116. The molecule has 0 radical (unpaired) electrons. The summed E-state index contributed by atoms with van der Waals surface area (Å²) in [6.07, 6.45) is 1.55. The van der Waals surface area contributed by atoms with Crippen molar-refractivity contribution < 1.29 is 17.9 Å². The smallest absolute Gasteiger partial charge is 0.243 e. The first-order valence-electron chi connectivity index (χ1n) is 11.3. The summed E-state index contributed by atoms with van der Waals surface area (Å²) in [5, 5.41) is 2.91. The van der Waals surface area contributed by atoms with Crippen molar-refractivity contribution in [2.24, 2.45) is 7.05 Å². The van der Waals surface area contributed by atoms with E-state index in [-0.39, 0.29) is 17.2 Å². The summed E-state index contributed by atoms with van der Waals surface area (Å²) in [5.41, 5.74) is 2.06. The number of imidazole rings is 1. The lowest BCUT2D eigenvalue weighted by atomic mass is 10.2. The Bertz CT molecular complexity index is 1220. The Hall–Kier alpha value is -2.91. The van der Waals surface area contributed by atoms with Crippen molar-refractivity contribution in [2.75, 3.05) is 25.0 Å². The minimum atomic E-state index is -3.56. The van der Waals surface area contributed by atoms with E-state index in [9.17, 15) is 13.2 Å². The van der Waals surface area contributed by atoms with Crippen LogP contribution in [-0.4, -0.2) is 47.9 Å². The molecule has 1 heterocycles. The molecule has 9 heteroatoms. The molecule has 1 amide bonds. The Balaban J connectivity index is 1.74. The van der Waals surface area contributed by atoms with Crippen molar-refractivity contribution in [3.63, 3.8) is 0 Å². The quantitative estimate of drug-likeness (QED) is 0.456. The molecule has 0 saturated carbocycles. The third-order valence-corrected chi connectivity index (χ3v) is 7.53. The number of para-hydroxylation sites is 2. The van der Waals surface area contributed by atoms with Gasteiger partial charge in [0.2, 0.25) is 15.9 Å². The summed E-state index contributed by atoms with van der Waals surface area (Å²) in [6.45, 7) is 7.06. The number of carbonyl (C=O) groups is 1. The largest absolute Gasteiger partial charge is 0.491 e. The minimum Gasteiger partial charge on any atom is -0.491 e. The van der Waals surface area contributed by atoms with E-state index < -0.39 is 10.0 Å². The fourth-order valence-corrected chi connectivity index (χ4v) is 5.15. The number of sulfonamides is 1. The highest BCUT2D eigenvalue weighted by Crippen LogP contribution is 2.25. The predicted octanol–water partition coefficient (Wildman–Crippen LogP) is 3.96. The molecule has 0 aliphatic carbocycles. The van der Waals surface area contributed by atoms with Gasteiger partial charge in [-0.15, -0.1) is 0 Å². The molecule has 3 rings (SSSR count). The minimum absolute atomic E-state index is 0.139. The molecule has 1 aromatic heterocycles. The number of amides is 1. The number of hydrogen-bond acceptors (Lipinski definition) is 5. The van der Waals surface area contributed by atoms with Gasteiger partial charge in [0.05, 0.1) is 28.2 Å². The number of aromatic nitrogens is 2. The molecule has 0 unspecified atom stereocenters. The molecule has 8 nitrogen and oxygen atoms in total. The standard InChI is InChI=1S/C24H32N4O4S/c1-5-16-32-22-11-9-8-10-19(22)26-24(29)15-14-23-25-20-17-18(12-13-21(20)27(23)4)33(30,31)28(6-2)7-3/h8-13,17H,5-7,14-16H2,1-4H3,(H,26,29). The van der Waals surface area contributed by atoms with E-state index in [0.29, 0.717) is 48.9 Å². The zero-order valence-electron chi connectivity index (χ0n) is 19.7. The van der Waals surface area contributed by atoms with Crippen LogP contribution in [0.15, 0.2) is 47.4 Å². The molecule has 0 fully saturated rings. The summed E-state index contributed by atoms with van der Waals surface area (Å²) in [4.78, 5) is 17.4. The number of nitrogens with zero attached hydrogens (tertiary/aromatic N) is 3. The maximum absolute atomic E-state index is 12.8. The summed E-state index contributed by atoms with van der Waals surface area (Å²) in [6, 6.07) is 12.4. The molecular formula is C24H32N4O4S. The maximum atomic E-state index is 12.8. The monoisotopic (exact) mass is 472 g/mol. The third kappa shape index (κ3) is 5.54. The first-order chi connectivity index (χ1) is 15.8. The van der Waals surface area contributed by atoms with Gasteiger partial charge < -0.3 is 14.6 Å². The van der Waals surface area contributed by atoms with Gasteiger partial charge in [0.25, 0.3) is 0 Å². The van der Waals surface area contributed by atoms with Gasteiger partial charge >= 0.3 is 0 Å². The van der Waals surface area contributed by atoms with E-state index in [1.807, 2.05) is 56.7 Å². The predicted molar refractivity (Wildman–Crippen MR) is 130 cm³/mol. The zero-order chi connectivity index (χ0) is 24.0. The van der Waals surface area contributed by atoms with Crippen molar-refractivity contribution in [1.82, 2.24) is 13.9 Å². The highest BCUT2D eigenvalue weighted by atomic mass is 32.2. The molecule has 178 valence electrons. The molecule has 0 bridgehead atoms. The summed E-state index contributed by atoms with van der Waals surface area (Å²) >= 11 is 0. The van der Waals surface area contributed by atoms with Gasteiger partial charge in [-0.2, -0.15) is 4.31 Å². The molecule has 0 aliphatic heterocycles. The number of fused-ring (bicyclic) bond motifs is 1. The Kier molecular flexibility index (Phi) is 8.10. The third-order valence-electron chi connectivity index (χ3n) is 5.49. The van der Waals surface area contributed by atoms with Crippen molar-refractivity contribution in [2.45, 2.75) is 44.9 Å². The van der Waals surface area contributed by atoms with Crippen LogP contribution in [0.1, 0.15) is 39.4 Å². The fourth-order valence-electron chi connectivity index (χ4n) is 3.67. The van der Waals surface area contributed by atoms with Gasteiger partial charge in [0.15, 0.2) is 0 Å². The first-order valence-corrected chi connectivity index (χ1v) is 12.7. The second-order valence-electron chi connectivity index (χ2n) is 7.72. The van der Waals surface area contributed by atoms with Crippen LogP contribution in [0.3, 0.4) is 0 Å². The highest BCUT2D eigenvalue weighted by molar-refractivity contribution is 7.89. The lowest BCUT2D eigenvalue weighted by Crippen LogP contribution is -2.30. The molecule has 33 heavy (non-hydrogen) atoms. The molecule has 0 saturated heterocycles. The fraction of sp³-hybridized carbons (Fsp3) is 0.417. The van der Waals surface area contributed by atoms with E-state index >= 15 is 0 Å². The van der Waals surface area contributed by atoms with Crippen molar-refractivity contribution >= 4 is 32.7 Å². The Morgan fingerprint density at radius 1 is 1.12 bits per heavy atom. The van der Waals surface area contributed by atoms with Crippen LogP contribution < -0.4 is 10.1 Å². The van der Waals surface area contributed by atoms with Crippen LogP contribution in [0.5, 0.6) is 5.75 Å². The second kappa shape index (κ2) is 10.8. The zero-order valence-corrected chi connectivity index (χ0v) is 20.5. The summed E-state index contributed by atoms with van der Waals surface area (Å²) in [5.74, 6) is 1.23. The molecular weight excluding hydrogens is 440 g/mol. The molecule has 0 aliphatic rings. The number of hydrogen-bond donors (Lipinski definition) is 1. The van der Waals surface area contributed by atoms with Gasteiger partial charge in [-0.05, 0) is 36.8 Å². The van der Waals surface area contributed by atoms with Crippen LogP contribution in [0.25, 0.3) is 11.0 Å². The van der Waals surface area contributed by atoms with E-state index in [4.69, 9.17) is 4.74 Å². The maximum Gasteiger partial charge on any atom is 0.243 e. The van der Waals surface area contributed by atoms with Gasteiger partial charge in [-0.1, -0.05) is 32.9 Å². The topological polar surface area (TPSA) is 93.5 Å².